The molecule has 1 aliphatic heterocycles. The normalized spacial score (nSPS) is 19.7. The van der Waals surface area contributed by atoms with Crippen LogP contribution in [0.25, 0.3) is 0 Å². The number of hydrogen-bond donors (Lipinski definition) is 0. The maximum absolute atomic E-state index is 6.28. The van der Waals surface area contributed by atoms with Gasteiger partial charge in [0.1, 0.15) is 12.5 Å². The third-order valence-electron chi connectivity index (χ3n) is 3.44. The Morgan fingerprint density at radius 3 is 2.19 bits per heavy atom. The van der Waals surface area contributed by atoms with Gasteiger partial charge >= 0.3 is 0 Å². The highest BCUT2D eigenvalue weighted by Crippen LogP contribution is 2.49. The lowest BCUT2D eigenvalue weighted by molar-refractivity contribution is 0.102. The second-order valence-electron chi connectivity index (χ2n) is 5.17. The van der Waals surface area contributed by atoms with Crippen LogP contribution in [0.4, 0.5) is 0 Å². The summed E-state index contributed by atoms with van der Waals surface area (Å²) in [6.45, 7) is 5.12. The molecule has 3 nitrogen and oxygen atoms in total. The second kappa shape index (κ2) is 8.54. The summed E-state index contributed by atoms with van der Waals surface area (Å²) < 4.78 is -3.48. The fourth-order valence-electron chi connectivity index (χ4n) is 2.28. The van der Waals surface area contributed by atoms with Crippen molar-refractivity contribution in [1.29, 1.82) is 0 Å². The Kier molecular flexibility index (Phi) is 8.04. The van der Waals surface area contributed by atoms with Crippen LogP contribution >= 0.6 is 58.0 Å². The van der Waals surface area contributed by atoms with Gasteiger partial charge in [0.05, 0.1) is 0 Å². The van der Waals surface area contributed by atoms with Crippen molar-refractivity contribution in [2.45, 2.75) is 66.8 Å². The number of alkyl halides is 5. The van der Waals surface area contributed by atoms with Gasteiger partial charge in [0.15, 0.2) is 0 Å². The predicted molar refractivity (Wildman–Crippen MR) is 94.6 cm³/mol. The Morgan fingerprint density at radius 2 is 1.67 bits per heavy atom. The Hall–Kier alpha value is 0.720. The Bertz CT molecular complexity index is 343. The van der Waals surface area contributed by atoms with Gasteiger partial charge in [0, 0.05) is 6.54 Å². The van der Waals surface area contributed by atoms with Gasteiger partial charge in [-0.3, -0.25) is 5.01 Å². The highest BCUT2D eigenvalue weighted by molar-refractivity contribution is 6.75. The molecule has 0 spiro atoms. The highest BCUT2D eigenvalue weighted by atomic mass is 35.6. The minimum atomic E-state index is -1.83. The van der Waals surface area contributed by atoms with Crippen molar-refractivity contribution in [3.8, 4) is 0 Å². The van der Waals surface area contributed by atoms with Crippen molar-refractivity contribution in [3.05, 3.63) is 0 Å². The third kappa shape index (κ3) is 5.10. The molecule has 0 fully saturated rings. The maximum atomic E-state index is 6.28. The molecule has 124 valence electrons. The summed E-state index contributed by atoms with van der Waals surface area (Å²) in [4.78, 5) is 1.63. The standard InChI is InChI=1S/C13H22Cl5N3/c1-3-5-6-7-9-21-11(8-4-2)20(10-19-21)13(17,18)12(14,15)16/h10-11H,3-9H2,1-2H3. The van der Waals surface area contributed by atoms with E-state index in [0.717, 1.165) is 25.8 Å². The Balaban J connectivity index is 2.73. The average Bonchev–Trinajstić information content (AvgIpc) is 2.77. The smallest absolute Gasteiger partial charge is 0.241 e. The van der Waals surface area contributed by atoms with Crippen LogP contribution < -0.4 is 0 Å². The molecule has 0 saturated carbocycles. The lowest BCUT2D eigenvalue weighted by Crippen LogP contribution is -2.54. The summed E-state index contributed by atoms with van der Waals surface area (Å²) >= 11 is 30.3. The van der Waals surface area contributed by atoms with Crippen LogP contribution in [0.15, 0.2) is 5.10 Å². The highest BCUT2D eigenvalue weighted by Gasteiger charge is 2.54. The van der Waals surface area contributed by atoms with E-state index in [1.54, 1.807) is 11.2 Å². The summed E-state index contributed by atoms with van der Waals surface area (Å²) in [5.74, 6) is 0. The molecule has 0 saturated heterocycles. The zero-order valence-corrected chi connectivity index (χ0v) is 16.1. The largest absolute Gasteiger partial charge is 0.304 e. The molecular formula is C13H22Cl5N3. The third-order valence-corrected chi connectivity index (χ3v) is 5.80. The Labute approximate surface area is 152 Å². The molecular weight excluding hydrogens is 375 g/mol. The fraction of sp³-hybridized carbons (Fsp3) is 0.923. The number of nitrogens with zero attached hydrogens (tertiary/aromatic N) is 3. The lowest BCUT2D eigenvalue weighted by Gasteiger charge is -2.40. The Morgan fingerprint density at radius 1 is 1.00 bits per heavy atom. The molecule has 0 bridgehead atoms. The average molecular weight is 398 g/mol. The van der Waals surface area contributed by atoms with Crippen LogP contribution in [0.1, 0.15) is 52.4 Å². The molecule has 1 rings (SSSR count). The molecule has 21 heavy (non-hydrogen) atoms. The number of hydrogen-bond acceptors (Lipinski definition) is 3. The van der Waals surface area contributed by atoms with E-state index in [4.69, 9.17) is 58.0 Å². The van der Waals surface area contributed by atoms with Crippen molar-refractivity contribution in [2.24, 2.45) is 5.10 Å². The topological polar surface area (TPSA) is 18.8 Å². The van der Waals surface area contributed by atoms with Crippen molar-refractivity contribution < 1.29 is 0 Å². The molecule has 0 aromatic carbocycles. The molecule has 1 atom stereocenters. The quantitative estimate of drug-likeness (QED) is 0.295. The molecule has 0 aliphatic carbocycles. The van der Waals surface area contributed by atoms with Crippen LogP contribution in [0.3, 0.4) is 0 Å². The van der Waals surface area contributed by atoms with Crippen LogP contribution in [-0.4, -0.2) is 37.2 Å². The van der Waals surface area contributed by atoms with Crippen LogP contribution in [0, 0.1) is 0 Å². The van der Waals surface area contributed by atoms with Gasteiger partial charge in [-0.15, -0.1) is 0 Å². The van der Waals surface area contributed by atoms with Crippen LogP contribution in [-0.2, 0) is 0 Å². The SMILES string of the molecule is CCCCCCN1N=CN(C(Cl)(Cl)C(Cl)(Cl)Cl)C1CCC. The first-order chi connectivity index (χ1) is 9.75. The monoisotopic (exact) mass is 395 g/mol. The molecule has 1 aliphatic rings. The minimum Gasteiger partial charge on any atom is -0.304 e. The summed E-state index contributed by atoms with van der Waals surface area (Å²) in [5.41, 5.74) is 0. The van der Waals surface area contributed by atoms with Gasteiger partial charge in [0.2, 0.25) is 8.25 Å². The molecule has 0 aromatic rings. The molecule has 0 amide bonds. The van der Waals surface area contributed by atoms with Gasteiger partial charge in [0.25, 0.3) is 0 Å². The zero-order valence-electron chi connectivity index (χ0n) is 12.3. The number of rotatable bonds is 8. The first-order valence-electron chi connectivity index (χ1n) is 7.29. The van der Waals surface area contributed by atoms with Gasteiger partial charge in [-0.05, 0) is 12.8 Å². The van der Waals surface area contributed by atoms with Gasteiger partial charge in [-0.1, -0.05) is 97.5 Å². The van der Waals surface area contributed by atoms with Crippen molar-refractivity contribution in [2.75, 3.05) is 6.54 Å². The van der Waals surface area contributed by atoms with Gasteiger partial charge in [-0.2, -0.15) is 5.10 Å². The number of unbranched alkanes of at least 4 members (excludes halogenated alkanes) is 3. The molecule has 8 heteroatoms. The minimum absolute atomic E-state index is 0.0812. The molecule has 0 radical (unpaired) electrons. The van der Waals surface area contributed by atoms with E-state index in [1.165, 1.54) is 19.3 Å². The van der Waals surface area contributed by atoms with E-state index in [-0.39, 0.29) is 6.17 Å². The number of hydrazone groups is 1. The van der Waals surface area contributed by atoms with E-state index in [9.17, 15) is 0 Å². The van der Waals surface area contributed by atoms with E-state index >= 15 is 0 Å². The summed E-state index contributed by atoms with van der Waals surface area (Å²) in [6, 6.07) is 0. The van der Waals surface area contributed by atoms with E-state index in [0.29, 0.717) is 0 Å². The molecule has 1 heterocycles. The lowest BCUT2D eigenvalue weighted by atomic mass is 10.2. The van der Waals surface area contributed by atoms with E-state index in [1.807, 2.05) is 5.01 Å². The van der Waals surface area contributed by atoms with Gasteiger partial charge < -0.3 is 4.90 Å². The molecule has 0 N–H and O–H groups in total. The zero-order chi connectivity index (χ0) is 16.1. The first-order valence-corrected chi connectivity index (χ1v) is 9.18. The second-order valence-corrected chi connectivity index (χ2v) is 8.74. The summed E-state index contributed by atoms with van der Waals surface area (Å²) in [5, 5.41) is 6.37. The van der Waals surface area contributed by atoms with Crippen LogP contribution in [0.5, 0.6) is 0 Å². The van der Waals surface area contributed by atoms with E-state index in [2.05, 4.69) is 18.9 Å². The van der Waals surface area contributed by atoms with Crippen molar-refractivity contribution in [1.82, 2.24) is 9.91 Å². The van der Waals surface area contributed by atoms with E-state index < -0.39 is 8.25 Å². The van der Waals surface area contributed by atoms with Crippen LogP contribution in [0.2, 0.25) is 0 Å². The van der Waals surface area contributed by atoms with Crippen molar-refractivity contribution >= 4 is 64.3 Å². The molecule has 0 aromatic heterocycles. The first kappa shape index (κ1) is 19.8. The van der Waals surface area contributed by atoms with Gasteiger partial charge in [-0.25, -0.2) is 0 Å². The summed E-state index contributed by atoms with van der Waals surface area (Å²) in [6.07, 6.45) is 7.97. The predicted octanol–water partition coefficient (Wildman–Crippen LogP) is 5.76. The van der Waals surface area contributed by atoms with Crippen molar-refractivity contribution in [3.63, 3.8) is 0 Å². The number of halogens is 5. The molecule has 1 unspecified atom stereocenters. The fourth-order valence-corrected chi connectivity index (χ4v) is 2.88. The summed E-state index contributed by atoms with van der Waals surface area (Å²) in [7, 11) is 0. The maximum Gasteiger partial charge on any atom is 0.241 e.